The lowest BCUT2D eigenvalue weighted by Gasteiger charge is -2.04. The molecule has 0 aromatic heterocycles. The van der Waals surface area contributed by atoms with E-state index in [1.807, 2.05) is 0 Å². The van der Waals surface area contributed by atoms with Gasteiger partial charge in [-0.3, -0.25) is 4.79 Å². The van der Waals surface area contributed by atoms with Crippen molar-refractivity contribution >= 4 is 5.97 Å². The lowest BCUT2D eigenvalue weighted by Crippen LogP contribution is -2.10. The highest BCUT2D eigenvalue weighted by atomic mass is 16.4. The molecular formula is C9H16O2. The molecule has 0 aromatic rings. The summed E-state index contributed by atoms with van der Waals surface area (Å²) >= 11 is 0. The van der Waals surface area contributed by atoms with Gasteiger partial charge in [0.1, 0.15) is 0 Å². The summed E-state index contributed by atoms with van der Waals surface area (Å²) in [6.07, 6.45) is 5.46. The molecule has 0 spiro atoms. The van der Waals surface area contributed by atoms with Crippen molar-refractivity contribution in [3.05, 3.63) is 12.7 Å². The van der Waals surface area contributed by atoms with Gasteiger partial charge in [0.2, 0.25) is 0 Å². The van der Waals surface area contributed by atoms with E-state index in [0.717, 1.165) is 25.7 Å². The van der Waals surface area contributed by atoms with E-state index < -0.39 is 5.97 Å². The highest BCUT2D eigenvalue weighted by Gasteiger charge is 2.11. The maximum Gasteiger partial charge on any atom is 0.310 e. The van der Waals surface area contributed by atoms with Gasteiger partial charge in [-0.1, -0.05) is 32.3 Å². The largest absolute Gasteiger partial charge is 0.481 e. The summed E-state index contributed by atoms with van der Waals surface area (Å²) in [6, 6.07) is 0. The number of aliphatic carboxylic acids is 1. The van der Waals surface area contributed by atoms with Gasteiger partial charge in [-0.15, -0.1) is 6.58 Å². The Hall–Kier alpha value is -0.790. The standard InChI is InChI=1S/C9H16O2/c1-3-5-6-7-8(4-2)9(10)11/h4,8H,2-3,5-7H2,1H3,(H,10,11)/t8-/m0/s1. The minimum Gasteiger partial charge on any atom is -0.481 e. The summed E-state index contributed by atoms with van der Waals surface area (Å²) in [5, 5.41) is 8.60. The summed E-state index contributed by atoms with van der Waals surface area (Å²) < 4.78 is 0. The van der Waals surface area contributed by atoms with E-state index in [1.54, 1.807) is 0 Å². The Kier molecular flexibility index (Phi) is 5.53. The van der Waals surface area contributed by atoms with E-state index in [9.17, 15) is 4.79 Å². The topological polar surface area (TPSA) is 37.3 Å². The number of carboxylic acids is 1. The fraction of sp³-hybridized carbons (Fsp3) is 0.667. The van der Waals surface area contributed by atoms with Crippen molar-refractivity contribution in [1.29, 1.82) is 0 Å². The third kappa shape index (κ3) is 4.59. The molecule has 0 saturated carbocycles. The second kappa shape index (κ2) is 5.96. The zero-order chi connectivity index (χ0) is 8.69. The van der Waals surface area contributed by atoms with Crippen LogP contribution < -0.4 is 0 Å². The number of carbonyl (C=O) groups is 1. The average Bonchev–Trinajstić information content (AvgIpc) is 1.97. The molecule has 1 atom stereocenters. The first-order chi connectivity index (χ1) is 5.22. The molecular weight excluding hydrogens is 140 g/mol. The zero-order valence-corrected chi connectivity index (χ0v) is 7.05. The first-order valence-electron chi connectivity index (χ1n) is 4.07. The van der Waals surface area contributed by atoms with E-state index in [4.69, 9.17) is 5.11 Å². The quantitative estimate of drug-likeness (QED) is 0.473. The smallest absolute Gasteiger partial charge is 0.310 e. The Morgan fingerprint density at radius 3 is 2.64 bits per heavy atom. The van der Waals surface area contributed by atoms with Gasteiger partial charge in [-0.2, -0.15) is 0 Å². The third-order valence-electron chi connectivity index (χ3n) is 1.72. The molecule has 0 aliphatic carbocycles. The van der Waals surface area contributed by atoms with Crippen molar-refractivity contribution in [3.8, 4) is 0 Å². The van der Waals surface area contributed by atoms with Gasteiger partial charge in [0.05, 0.1) is 5.92 Å². The molecule has 0 aliphatic heterocycles. The van der Waals surface area contributed by atoms with Crippen LogP contribution in [0.25, 0.3) is 0 Å². The van der Waals surface area contributed by atoms with Gasteiger partial charge >= 0.3 is 5.97 Å². The highest BCUT2D eigenvalue weighted by Crippen LogP contribution is 2.10. The first-order valence-corrected chi connectivity index (χ1v) is 4.07. The van der Waals surface area contributed by atoms with Crippen molar-refractivity contribution < 1.29 is 9.90 Å². The number of rotatable bonds is 6. The highest BCUT2D eigenvalue weighted by molar-refractivity contribution is 5.71. The molecule has 0 saturated heterocycles. The van der Waals surface area contributed by atoms with Crippen molar-refractivity contribution in [2.45, 2.75) is 32.6 Å². The van der Waals surface area contributed by atoms with Crippen LogP contribution in [0.5, 0.6) is 0 Å². The Bertz CT molecular complexity index is 130. The summed E-state index contributed by atoms with van der Waals surface area (Å²) in [5.41, 5.74) is 0. The molecule has 0 radical (unpaired) electrons. The van der Waals surface area contributed by atoms with E-state index in [1.165, 1.54) is 6.08 Å². The van der Waals surface area contributed by atoms with Crippen LogP contribution >= 0.6 is 0 Å². The fourth-order valence-corrected chi connectivity index (χ4v) is 0.956. The minimum absolute atomic E-state index is 0.346. The minimum atomic E-state index is -0.754. The summed E-state index contributed by atoms with van der Waals surface area (Å²) in [6.45, 7) is 5.58. The second-order valence-corrected chi connectivity index (χ2v) is 2.68. The second-order valence-electron chi connectivity index (χ2n) is 2.68. The number of hydrogen-bond donors (Lipinski definition) is 1. The van der Waals surface area contributed by atoms with Crippen LogP contribution in [0.4, 0.5) is 0 Å². The van der Waals surface area contributed by atoms with Crippen LogP contribution in [0.15, 0.2) is 12.7 Å². The summed E-state index contributed by atoms with van der Waals surface area (Å²) in [4.78, 5) is 10.5. The van der Waals surface area contributed by atoms with Gasteiger partial charge in [-0.25, -0.2) is 0 Å². The Labute approximate surface area is 67.9 Å². The number of carboxylic acid groups (broad SMARTS) is 1. The third-order valence-corrected chi connectivity index (χ3v) is 1.72. The van der Waals surface area contributed by atoms with Gasteiger partial charge in [0.15, 0.2) is 0 Å². The first kappa shape index (κ1) is 10.2. The van der Waals surface area contributed by atoms with Crippen LogP contribution in [0.1, 0.15) is 32.6 Å². The van der Waals surface area contributed by atoms with Crippen LogP contribution in [-0.2, 0) is 4.79 Å². The molecule has 64 valence electrons. The molecule has 11 heavy (non-hydrogen) atoms. The maximum atomic E-state index is 10.5. The normalized spacial score (nSPS) is 12.5. The van der Waals surface area contributed by atoms with Crippen LogP contribution in [0.2, 0.25) is 0 Å². The van der Waals surface area contributed by atoms with Crippen molar-refractivity contribution in [1.82, 2.24) is 0 Å². The van der Waals surface area contributed by atoms with Gasteiger partial charge < -0.3 is 5.11 Å². The Balaban J connectivity index is 3.52. The molecule has 0 fully saturated rings. The van der Waals surface area contributed by atoms with Crippen LogP contribution in [-0.4, -0.2) is 11.1 Å². The fourth-order valence-electron chi connectivity index (χ4n) is 0.956. The number of unbranched alkanes of at least 4 members (excludes halogenated alkanes) is 2. The van der Waals surface area contributed by atoms with E-state index in [-0.39, 0.29) is 5.92 Å². The Morgan fingerprint density at radius 2 is 2.27 bits per heavy atom. The average molecular weight is 156 g/mol. The Morgan fingerprint density at radius 1 is 1.64 bits per heavy atom. The van der Waals surface area contributed by atoms with Crippen LogP contribution in [0.3, 0.4) is 0 Å². The van der Waals surface area contributed by atoms with Crippen molar-refractivity contribution in [2.75, 3.05) is 0 Å². The lowest BCUT2D eigenvalue weighted by atomic mass is 10.0. The zero-order valence-electron chi connectivity index (χ0n) is 7.05. The van der Waals surface area contributed by atoms with E-state index in [0.29, 0.717) is 0 Å². The molecule has 0 bridgehead atoms. The predicted octanol–water partition coefficient (Wildman–Crippen LogP) is 2.45. The van der Waals surface area contributed by atoms with E-state index >= 15 is 0 Å². The molecule has 0 amide bonds. The van der Waals surface area contributed by atoms with Crippen molar-refractivity contribution in [2.24, 2.45) is 5.92 Å². The van der Waals surface area contributed by atoms with Gasteiger partial charge in [0.25, 0.3) is 0 Å². The molecule has 1 N–H and O–H groups in total. The predicted molar refractivity (Wildman–Crippen MR) is 45.5 cm³/mol. The lowest BCUT2D eigenvalue weighted by molar-refractivity contribution is -0.140. The molecule has 0 aromatic carbocycles. The molecule has 0 rings (SSSR count). The molecule has 2 heteroatoms. The van der Waals surface area contributed by atoms with Crippen molar-refractivity contribution in [3.63, 3.8) is 0 Å². The molecule has 0 unspecified atom stereocenters. The summed E-state index contributed by atoms with van der Waals surface area (Å²) in [5.74, 6) is -1.10. The van der Waals surface area contributed by atoms with E-state index in [2.05, 4.69) is 13.5 Å². The monoisotopic (exact) mass is 156 g/mol. The summed E-state index contributed by atoms with van der Waals surface area (Å²) in [7, 11) is 0. The number of hydrogen-bond acceptors (Lipinski definition) is 1. The molecule has 0 aliphatic rings. The maximum absolute atomic E-state index is 10.5. The molecule has 2 nitrogen and oxygen atoms in total. The van der Waals surface area contributed by atoms with Gasteiger partial charge in [-0.05, 0) is 6.42 Å². The van der Waals surface area contributed by atoms with Gasteiger partial charge in [0, 0.05) is 0 Å². The molecule has 0 heterocycles. The van der Waals surface area contributed by atoms with Crippen LogP contribution in [0, 0.1) is 5.92 Å². The SMILES string of the molecule is C=C[C@@H](CCCCC)C(=O)O.